The zero-order chi connectivity index (χ0) is 22.5. The zero-order valence-electron chi connectivity index (χ0n) is 19.2. The van der Waals surface area contributed by atoms with E-state index in [1.807, 2.05) is 6.07 Å². The maximum absolute atomic E-state index is 13.1. The zero-order valence-corrected chi connectivity index (χ0v) is 19.2. The van der Waals surface area contributed by atoms with Crippen molar-refractivity contribution in [2.24, 2.45) is 7.05 Å². The lowest BCUT2D eigenvalue weighted by Gasteiger charge is -2.20. The van der Waals surface area contributed by atoms with Gasteiger partial charge in [0.05, 0.1) is 0 Å². The van der Waals surface area contributed by atoms with E-state index in [1.165, 1.54) is 33.2 Å². The fourth-order valence-corrected chi connectivity index (χ4v) is 4.56. The fourth-order valence-electron chi connectivity index (χ4n) is 4.56. The quantitative estimate of drug-likeness (QED) is 0.362. The summed E-state index contributed by atoms with van der Waals surface area (Å²) in [4.78, 5) is 13.1. The van der Waals surface area contributed by atoms with Crippen LogP contribution in [0, 0.1) is 6.92 Å². The number of aromatic nitrogens is 1. The first kappa shape index (κ1) is 21.9. The van der Waals surface area contributed by atoms with Crippen molar-refractivity contribution in [2.75, 3.05) is 0 Å². The number of amides is 1. The molecule has 0 aliphatic rings. The number of carbonyl (C=O) groups is 1. The lowest BCUT2D eigenvalue weighted by atomic mass is 9.87. The number of nitrogens with zero attached hydrogens (tertiary/aromatic N) is 1. The topological polar surface area (TPSA) is 34.0 Å². The summed E-state index contributed by atoms with van der Waals surface area (Å²) in [5.41, 5.74) is 6.11. The molecule has 1 heterocycles. The normalized spacial score (nSPS) is 13.1. The third kappa shape index (κ3) is 5.11. The van der Waals surface area contributed by atoms with Crippen molar-refractivity contribution < 1.29 is 4.79 Å². The summed E-state index contributed by atoms with van der Waals surface area (Å²) in [7, 11) is 2.07. The van der Waals surface area contributed by atoms with Gasteiger partial charge in [0.15, 0.2) is 0 Å². The van der Waals surface area contributed by atoms with E-state index >= 15 is 0 Å². The van der Waals surface area contributed by atoms with Crippen molar-refractivity contribution in [2.45, 2.75) is 45.1 Å². The van der Waals surface area contributed by atoms with Crippen LogP contribution in [0.3, 0.4) is 0 Å². The van der Waals surface area contributed by atoms with Crippen LogP contribution in [0.25, 0.3) is 10.9 Å². The smallest absolute Gasteiger partial charge is 0.221 e. The van der Waals surface area contributed by atoms with Crippen molar-refractivity contribution in [3.05, 3.63) is 107 Å². The first-order valence-corrected chi connectivity index (χ1v) is 11.4. The van der Waals surface area contributed by atoms with Crippen LogP contribution in [0.4, 0.5) is 0 Å². The Labute approximate surface area is 191 Å². The number of para-hydroxylation sites is 1. The Kier molecular flexibility index (Phi) is 6.75. The largest absolute Gasteiger partial charge is 0.354 e. The van der Waals surface area contributed by atoms with Crippen LogP contribution < -0.4 is 5.32 Å². The van der Waals surface area contributed by atoms with Gasteiger partial charge in [0.2, 0.25) is 5.91 Å². The van der Waals surface area contributed by atoms with E-state index < -0.39 is 0 Å². The molecule has 0 radical (unpaired) electrons. The molecule has 3 nitrogen and oxygen atoms in total. The first-order chi connectivity index (χ1) is 15.5. The summed E-state index contributed by atoms with van der Waals surface area (Å²) in [5.74, 6) is 0.118. The van der Waals surface area contributed by atoms with Crippen molar-refractivity contribution >= 4 is 16.8 Å². The molecule has 1 amide bonds. The minimum atomic E-state index is 0.0160. The lowest BCUT2D eigenvalue weighted by molar-refractivity contribution is -0.121. The van der Waals surface area contributed by atoms with E-state index in [9.17, 15) is 4.79 Å². The average Bonchev–Trinajstić information content (AvgIpc) is 3.13. The summed E-state index contributed by atoms with van der Waals surface area (Å²) in [6.07, 6.45) is 4.52. The van der Waals surface area contributed by atoms with Crippen LogP contribution in [-0.4, -0.2) is 16.5 Å². The molecule has 2 unspecified atom stereocenters. The number of rotatable bonds is 8. The molecule has 0 saturated carbocycles. The van der Waals surface area contributed by atoms with E-state index in [4.69, 9.17) is 0 Å². The van der Waals surface area contributed by atoms with Gasteiger partial charge in [-0.1, -0.05) is 78.4 Å². The van der Waals surface area contributed by atoms with Gasteiger partial charge in [-0.05, 0) is 49.4 Å². The molecule has 2 atom stereocenters. The molecule has 0 aliphatic carbocycles. The lowest BCUT2D eigenvalue weighted by Crippen LogP contribution is -2.33. The van der Waals surface area contributed by atoms with Crippen LogP contribution in [-0.2, 0) is 18.3 Å². The summed E-state index contributed by atoms with van der Waals surface area (Å²) >= 11 is 0. The molecular weight excluding hydrogens is 392 g/mol. The maximum Gasteiger partial charge on any atom is 0.221 e. The predicted molar refractivity (Wildman–Crippen MR) is 133 cm³/mol. The number of nitrogens with one attached hydrogen (secondary N) is 1. The Bertz CT molecular complexity index is 1190. The second-order valence-electron chi connectivity index (χ2n) is 8.88. The average molecular weight is 425 g/mol. The highest BCUT2D eigenvalue weighted by Crippen LogP contribution is 2.34. The van der Waals surface area contributed by atoms with Gasteiger partial charge in [-0.3, -0.25) is 4.79 Å². The van der Waals surface area contributed by atoms with Crippen LogP contribution in [0.2, 0.25) is 0 Å². The van der Waals surface area contributed by atoms with Crippen LogP contribution in [0.1, 0.15) is 47.9 Å². The van der Waals surface area contributed by atoms with Gasteiger partial charge >= 0.3 is 0 Å². The highest BCUT2D eigenvalue weighted by Gasteiger charge is 2.23. The molecule has 0 spiro atoms. The van der Waals surface area contributed by atoms with Gasteiger partial charge in [-0.2, -0.15) is 0 Å². The van der Waals surface area contributed by atoms with E-state index in [2.05, 4.69) is 110 Å². The molecule has 1 N–H and O–H groups in total. The minimum absolute atomic E-state index is 0.0160. The Morgan fingerprint density at radius 2 is 1.72 bits per heavy atom. The maximum atomic E-state index is 13.1. The molecule has 3 aromatic carbocycles. The standard InChI is InChI=1S/C29H32N2O/c1-21-10-9-13-24(18-21)26(27-20-31(3)28-15-8-7-14-25(27)28)19-29(32)30-22(2)16-17-23-11-5-4-6-12-23/h4-15,18,20,22,26H,16-17,19H2,1-3H3,(H,30,32). The SMILES string of the molecule is Cc1cccc(C(CC(=O)NC(C)CCc2ccccc2)c2cn(C)c3ccccc23)c1. The molecule has 0 fully saturated rings. The van der Waals surface area contributed by atoms with Gasteiger partial charge in [-0.25, -0.2) is 0 Å². The summed E-state index contributed by atoms with van der Waals surface area (Å²) in [6.45, 7) is 4.20. The molecule has 4 rings (SSSR count). The molecule has 3 heteroatoms. The number of carbonyl (C=O) groups excluding carboxylic acids is 1. The van der Waals surface area contributed by atoms with Crippen LogP contribution in [0.15, 0.2) is 85.1 Å². The number of hydrogen-bond acceptors (Lipinski definition) is 1. The molecule has 164 valence electrons. The van der Waals surface area contributed by atoms with Gasteiger partial charge in [0, 0.05) is 42.5 Å². The molecule has 4 aromatic rings. The number of benzene rings is 3. The Balaban J connectivity index is 1.53. The van der Waals surface area contributed by atoms with E-state index in [0.717, 1.165) is 12.8 Å². The summed E-state index contributed by atoms with van der Waals surface area (Å²) < 4.78 is 2.16. The van der Waals surface area contributed by atoms with Gasteiger partial charge in [-0.15, -0.1) is 0 Å². The summed E-state index contributed by atoms with van der Waals surface area (Å²) in [6, 6.07) is 27.6. The molecular formula is C29H32N2O. The number of hydrogen-bond donors (Lipinski definition) is 1. The van der Waals surface area contributed by atoms with Crippen LogP contribution >= 0.6 is 0 Å². The van der Waals surface area contributed by atoms with E-state index in [0.29, 0.717) is 6.42 Å². The van der Waals surface area contributed by atoms with Gasteiger partial charge < -0.3 is 9.88 Å². The number of aryl methyl sites for hydroxylation is 3. The Hall–Kier alpha value is -3.33. The Morgan fingerprint density at radius 3 is 2.50 bits per heavy atom. The third-order valence-corrected chi connectivity index (χ3v) is 6.25. The molecule has 1 aromatic heterocycles. The highest BCUT2D eigenvalue weighted by atomic mass is 16.1. The predicted octanol–water partition coefficient (Wildman–Crippen LogP) is 6.15. The second-order valence-corrected chi connectivity index (χ2v) is 8.88. The highest BCUT2D eigenvalue weighted by molar-refractivity contribution is 5.86. The third-order valence-electron chi connectivity index (χ3n) is 6.25. The van der Waals surface area contributed by atoms with Crippen molar-refractivity contribution in [3.63, 3.8) is 0 Å². The second kappa shape index (κ2) is 9.86. The fraction of sp³-hybridized carbons (Fsp3) is 0.276. The van der Waals surface area contributed by atoms with Crippen molar-refractivity contribution in [1.82, 2.24) is 9.88 Å². The molecule has 0 bridgehead atoms. The van der Waals surface area contributed by atoms with Crippen molar-refractivity contribution in [3.8, 4) is 0 Å². The van der Waals surface area contributed by atoms with Crippen molar-refractivity contribution in [1.29, 1.82) is 0 Å². The van der Waals surface area contributed by atoms with Gasteiger partial charge in [0.25, 0.3) is 0 Å². The number of fused-ring (bicyclic) bond motifs is 1. The molecule has 32 heavy (non-hydrogen) atoms. The van der Waals surface area contributed by atoms with Crippen LogP contribution in [0.5, 0.6) is 0 Å². The minimum Gasteiger partial charge on any atom is -0.354 e. The Morgan fingerprint density at radius 1 is 0.969 bits per heavy atom. The van der Waals surface area contributed by atoms with E-state index in [1.54, 1.807) is 0 Å². The molecule has 0 saturated heterocycles. The first-order valence-electron chi connectivity index (χ1n) is 11.4. The monoisotopic (exact) mass is 424 g/mol. The van der Waals surface area contributed by atoms with E-state index in [-0.39, 0.29) is 17.9 Å². The summed E-state index contributed by atoms with van der Waals surface area (Å²) in [5, 5.41) is 4.46. The van der Waals surface area contributed by atoms with Gasteiger partial charge in [0.1, 0.15) is 0 Å². The molecule has 0 aliphatic heterocycles.